The first kappa shape index (κ1) is 18.1. The van der Waals surface area contributed by atoms with Gasteiger partial charge in [-0.25, -0.2) is 0 Å². The molecule has 2 aliphatic heterocycles. The first-order valence-electron chi connectivity index (χ1n) is 9.54. The number of rotatable bonds is 5. The molecule has 2 atom stereocenters. The molecule has 0 bridgehead atoms. The summed E-state index contributed by atoms with van der Waals surface area (Å²) < 4.78 is 12.2. The third-order valence-electron chi connectivity index (χ3n) is 5.38. The molecule has 2 fully saturated rings. The second-order valence-corrected chi connectivity index (χ2v) is 7.44. The van der Waals surface area contributed by atoms with E-state index in [1.54, 1.807) is 18.6 Å². The molecule has 0 aliphatic carbocycles. The van der Waals surface area contributed by atoms with Crippen LogP contribution in [0.15, 0.2) is 49.1 Å². The zero-order valence-electron chi connectivity index (χ0n) is 15.4. The lowest BCUT2D eigenvalue weighted by Crippen LogP contribution is -2.50. The summed E-state index contributed by atoms with van der Waals surface area (Å²) in [6.07, 6.45) is 10.3. The predicted octanol–water partition coefficient (Wildman–Crippen LogP) is 2.39. The summed E-state index contributed by atoms with van der Waals surface area (Å²) in [5.41, 5.74) is 1.81. The summed E-state index contributed by atoms with van der Waals surface area (Å²) in [5, 5.41) is 0. The molecule has 1 spiro atoms. The molecule has 0 saturated carbocycles. The second kappa shape index (κ2) is 8.15. The van der Waals surface area contributed by atoms with Gasteiger partial charge in [-0.05, 0) is 42.2 Å². The third-order valence-corrected chi connectivity index (χ3v) is 5.38. The van der Waals surface area contributed by atoms with Gasteiger partial charge in [-0.2, -0.15) is 0 Å². The van der Waals surface area contributed by atoms with E-state index in [0.717, 1.165) is 36.9 Å². The molecule has 2 aliphatic rings. The fourth-order valence-electron chi connectivity index (χ4n) is 3.99. The van der Waals surface area contributed by atoms with Crippen molar-refractivity contribution in [2.45, 2.75) is 44.0 Å². The monoisotopic (exact) mass is 367 g/mol. The molecule has 0 N–H and O–H groups in total. The van der Waals surface area contributed by atoms with E-state index in [1.807, 2.05) is 35.4 Å². The van der Waals surface area contributed by atoms with Gasteiger partial charge in [0.25, 0.3) is 0 Å². The lowest BCUT2D eigenvalue weighted by atomic mass is 9.89. The fourth-order valence-corrected chi connectivity index (χ4v) is 3.99. The van der Waals surface area contributed by atoms with E-state index < -0.39 is 0 Å². The molecule has 4 rings (SSSR count). The van der Waals surface area contributed by atoms with Crippen LogP contribution in [0.25, 0.3) is 0 Å². The van der Waals surface area contributed by atoms with Gasteiger partial charge in [0.2, 0.25) is 5.91 Å². The molecular formula is C21H25N3O3. The fraction of sp³-hybridized carbons (Fsp3) is 0.476. The zero-order valence-corrected chi connectivity index (χ0v) is 15.4. The maximum atomic E-state index is 12.7. The summed E-state index contributed by atoms with van der Waals surface area (Å²) in [4.78, 5) is 22.8. The van der Waals surface area contributed by atoms with Crippen molar-refractivity contribution in [2.24, 2.45) is 0 Å². The molecule has 2 saturated heterocycles. The van der Waals surface area contributed by atoms with Gasteiger partial charge in [0.1, 0.15) is 0 Å². The van der Waals surface area contributed by atoms with Crippen molar-refractivity contribution in [1.29, 1.82) is 0 Å². The highest BCUT2D eigenvalue weighted by Crippen LogP contribution is 2.36. The topological polar surface area (TPSA) is 64.6 Å². The zero-order chi connectivity index (χ0) is 18.5. The maximum Gasteiger partial charge on any atom is 0.227 e. The summed E-state index contributed by atoms with van der Waals surface area (Å²) in [6, 6.07) is 7.72. The van der Waals surface area contributed by atoms with E-state index in [4.69, 9.17) is 9.47 Å². The lowest BCUT2D eigenvalue weighted by molar-refractivity contribution is -0.138. The van der Waals surface area contributed by atoms with Crippen LogP contribution in [-0.4, -0.2) is 52.2 Å². The van der Waals surface area contributed by atoms with Crippen LogP contribution in [0.2, 0.25) is 0 Å². The van der Waals surface area contributed by atoms with Gasteiger partial charge in [-0.3, -0.25) is 14.8 Å². The highest BCUT2D eigenvalue weighted by Gasteiger charge is 2.44. The number of carbonyl (C=O) groups is 1. The van der Waals surface area contributed by atoms with E-state index in [2.05, 4.69) is 9.97 Å². The SMILES string of the molecule is O=C(Cc1ccncc1)N1CCC[C@]2(C[C@@H](OCc3cccnc3)CO2)C1. The van der Waals surface area contributed by atoms with Crippen LogP contribution in [0.5, 0.6) is 0 Å². The van der Waals surface area contributed by atoms with Crippen LogP contribution in [0, 0.1) is 0 Å². The highest BCUT2D eigenvalue weighted by atomic mass is 16.6. The molecule has 0 unspecified atom stereocenters. The van der Waals surface area contributed by atoms with Crippen molar-refractivity contribution in [3.63, 3.8) is 0 Å². The maximum absolute atomic E-state index is 12.7. The van der Waals surface area contributed by atoms with E-state index >= 15 is 0 Å². The average molecular weight is 367 g/mol. The number of likely N-dealkylation sites (tertiary alicyclic amines) is 1. The normalized spacial score (nSPS) is 25.0. The molecule has 6 heteroatoms. The Balaban J connectivity index is 1.31. The van der Waals surface area contributed by atoms with Crippen molar-refractivity contribution in [3.05, 3.63) is 60.2 Å². The lowest BCUT2D eigenvalue weighted by Gasteiger charge is -2.39. The molecule has 2 aromatic heterocycles. The number of carbonyl (C=O) groups excluding carboxylic acids is 1. The Morgan fingerprint density at radius 1 is 1.22 bits per heavy atom. The molecule has 0 radical (unpaired) electrons. The molecule has 1 amide bonds. The summed E-state index contributed by atoms with van der Waals surface area (Å²) in [5.74, 6) is 0.156. The predicted molar refractivity (Wildman–Crippen MR) is 99.9 cm³/mol. The van der Waals surface area contributed by atoms with Crippen LogP contribution in [0.3, 0.4) is 0 Å². The molecule has 0 aromatic carbocycles. The third kappa shape index (κ3) is 4.51. The number of amides is 1. The number of aromatic nitrogens is 2. The summed E-state index contributed by atoms with van der Waals surface area (Å²) >= 11 is 0. The molecule has 2 aromatic rings. The molecule has 6 nitrogen and oxygen atoms in total. The molecule has 27 heavy (non-hydrogen) atoms. The van der Waals surface area contributed by atoms with Crippen molar-refractivity contribution in [2.75, 3.05) is 19.7 Å². The van der Waals surface area contributed by atoms with Gasteiger partial charge >= 0.3 is 0 Å². The Morgan fingerprint density at radius 3 is 2.93 bits per heavy atom. The van der Waals surface area contributed by atoms with Crippen LogP contribution >= 0.6 is 0 Å². The Kier molecular flexibility index (Phi) is 5.45. The van der Waals surface area contributed by atoms with E-state index in [-0.39, 0.29) is 17.6 Å². The molecular weight excluding hydrogens is 342 g/mol. The Bertz CT molecular complexity index is 756. The van der Waals surface area contributed by atoms with E-state index in [9.17, 15) is 4.79 Å². The Morgan fingerprint density at radius 2 is 2.11 bits per heavy atom. The second-order valence-electron chi connectivity index (χ2n) is 7.44. The highest BCUT2D eigenvalue weighted by molar-refractivity contribution is 5.79. The van der Waals surface area contributed by atoms with Crippen molar-refractivity contribution in [1.82, 2.24) is 14.9 Å². The van der Waals surface area contributed by atoms with Gasteiger partial charge in [-0.1, -0.05) is 6.07 Å². The van der Waals surface area contributed by atoms with Gasteiger partial charge in [0.05, 0.1) is 31.3 Å². The number of hydrogen-bond acceptors (Lipinski definition) is 5. The van der Waals surface area contributed by atoms with Crippen molar-refractivity contribution < 1.29 is 14.3 Å². The number of ether oxygens (including phenoxy) is 2. The standard InChI is InChI=1S/C21H25N3O3/c25-20(11-17-4-8-22-9-5-17)24-10-2-6-21(16-24)12-19(15-27-21)26-14-18-3-1-7-23-13-18/h1,3-5,7-9,13,19H,2,6,10-12,14-16H2/t19-,21+/m1/s1. The minimum atomic E-state index is -0.258. The number of pyridine rings is 2. The Labute approximate surface area is 159 Å². The average Bonchev–Trinajstić information content (AvgIpc) is 3.10. The summed E-state index contributed by atoms with van der Waals surface area (Å²) in [7, 11) is 0. The number of piperidine rings is 1. The van der Waals surface area contributed by atoms with E-state index in [0.29, 0.717) is 26.2 Å². The molecule has 4 heterocycles. The van der Waals surface area contributed by atoms with Crippen molar-refractivity contribution >= 4 is 5.91 Å². The van der Waals surface area contributed by atoms with Gasteiger partial charge in [-0.15, -0.1) is 0 Å². The van der Waals surface area contributed by atoms with Crippen LogP contribution in [0.1, 0.15) is 30.4 Å². The quantitative estimate of drug-likeness (QED) is 0.812. The molecule has 142 valence electrons. The van der Waals surface area contributed by atoms with Crippen molar-refractivity contribution in [3.8, 4) is 0 Å². The minimum absolute atomic E-state index is 0.0699. The van der Waals surface area contributed by atoms with E-state index in [1.165, 1.54) is 0 Å². The van der Waals surface area contributed by atoms with Crippen LogP contribution < -0.4 is 0 Å². The Hall–Kier alpha value is -2.31. The number of hydrogen-bond donors (Lipinski definition) is 0. The largest absolute Gasteiger partial charge is 0.371 e. The first-order valence-corrected chi connectivity index (χ1v) is 9.54. The minimum Gasteiger partial charge on any atom is -0.371 e. The smallest absolute Gasteiger partial charge is 0.227 e. The van der Waals surface area contributed by atoms with Gasteiger partial charge < -0.3 is 14.4 Å². The van der Waals surface area contributed by atoms with Gasteiger partial charge in [0.15, 0.2) is 0 Å². The van der Waals surface area contributed by atoms with Gasteiger partial charge in [0, 0.05) is 44.3 Å². The van der Waals surface area contributed by atoms with Crippen LogP contribution in [0.4, 0.5) is 0 Å². The summed E-state index contributed by atoms with van der Waals surface area (Å²) in [6.45, 7) is 2.59. The number of nitrogens with zero attached hydrogens (tertiary/aromatic N) is 3. The van der Waals surface area contributed by atoms with Crippen LogP contribution in [-0.2, 0) is 27.3 Å². The first-order chi connectivity index (χ1) is 13.2.